The minimum Gasteiger partial charge on any atom is -0.340 e. The summed E-state index contributed by atoms with van der Waals surface area (Å²) < 4.78 is 2.26. The van der Waals surface area contributed by atoms with Crippen LogP contribution in [0.3, 0.4) is 0 Å². The highest BCUT2D eigenvalue weighted by atomic mass is 35.5. The summed E-state index contributed by atoms with van der Waals surface area (Å²) >= 11 is 0. The zero-order valence-electron chi connectivity index (χ0n) is 13.7. The smallest absolute Gasteiger partial charge is 0.225 e. The van der Waals surface area contributed by atoms with E-state index in [1.807, 2.05) is 6.20 Å². The first kappa shape index (κ1) is 20.3. The summed E-state index contributed by atoms with van der Waals surface area (Å²) in [7, 11) is 0. The standard InChI is InChI=1S/C16H26N4O.2ClH/c1-2-15-18-7-9-20(15)14-4-3-8-19(11-14)16(21)12-5-6-13(17)10-12;;/h7,9,12-14H,2-6,8,10-11,17H2,1H3;2*1H. The van der Waals surface area contributed by atoms with Crippen LogP contribution in [0.2, 0.25) is 0 Å². The zero-order valence-corrected chi connectivity index (χ0v) is 15.3. The Morgan fingerprint density at radius 3 is 2.78 bits per heavy atom. The highest BCUT2D eigenvalue weighted by molar-refractivity contribution is 5.85. The third-order valence-corrected chi connectivity index (χ3v) is 4.99. The number of likely N-dealkylation sites (tertiary alicyclic amines) is 1. The van der Waals surface area contributed by atoms with Crippen molar-refractivity contribution >= 4 is 30.7 Å². The number of carbonyl (C=O) groups is 1. The number of aryl methyl sites for hydroxylation is 1. The molecule has 2 fully saturated rings. The quantitative estimate of drug-likeness (QED) is 0.898. The lowest BCUT2D eigenvalue weighted by molar-refractivity contribution is -0.137. The van der Waals surface area contributed by atoms with Crippen molar-refractivity contribution in [2.45, 2.75) is 57.5 Å². The molecule has 3 rings (SSSR count). The lowest BCUT2D eigenvalue weighted by Gasteiger charge is -2.35. The zero-order chi connectivity index (χ0) is 14.8. The summed E-state index contributed by atoms with van der Waals surface area (Å²) in [6, 6.07) is 0.607. The number of carbonyl (C=O) groups excluding carboxylic acids is 1. The van der Waals surface area contributed by atoms with Gasteiger partial charge in [0.05, 0.1) is 6.04 Å². The van der Waals surface area contributed by atoms with Crippen molar-refractivity contribution in [3.05, 3.63) is 18.2 Å². The molecule has 1 aliphatic carbocycles. The second-order valence-corrected chi connectivity index (χ2v) is 6.45. The molecule has 1 amide bonds. The van der Waals surface area contributed by atoms with E-state index < -0.39 is 0 Å². The number of imidazole rings is 1. The molecular formula is C16H28Cl2N4O. The van der Waals surface area contributed by atoms with E-state index in [0.29, 0.717) is 11.9 Å². The lowest BCUT2D eigenvalue weighted by atomic mass is 10.0. The molecule has 3 unspecified atom stereocenters. The van der Waals surface area contributed by atoms with Gasteiger partial charge in [-0.25, -0.2) is 4.98 Å². The van der Waals surface area contributed by atoms with Crippen LogP contribution < -0.4 is 5.73 Å². The van der Waals surface area contributed by atoms with Gasteiger partial charge in [0.25, 0.3) is 0 Å². The first-order valence-corrected chi connectivity index (χ1v) is 8.25. The Hall–Kier alpha value is -0.780. The van der Waals surface area contributed by atoms with Crippen LogP contribution >= 0.6 is 24.8 Å². The molecule has 1 aromatic heterocycles. The van der Waals surface area contributed by atoms with Crippen LogP contribution in [0.25, 0.3) is 0 Å². The molecule has 1 saturated heterocycles. The third-order valence-electron chi connectivity index (χ3n) is 4.99. The van der Waals surface area contributed by atoms with Gasteiger partial charge in [-0.3, -0.25) is 4.79 Å². The molecule has 132 valence electrons. The number of nitrogens with zero attached hydrogens (tertiary/aromatic N) is 3. The van der Waals surface area contributed by atoms with Crippen LogP contribution in [-0.4, -0.2) is 39.5 Å². The van der Waals surface area contributed by atoms with Crippen LogP contribution in [0.15, 0.2) is 12.4 Å². The van der Waals surface area contributed by atoms with Gasteiger partial charge in [-0.2, -0.15) is 0 Å². The molecule has 2 heterocycles. The molecule has 23 heavy (non-hydrogen) atoms. The average molecular weight is 363 g/mol. The fraction of sp³-hybridized carbons (Fsp3) is 0.750. The van der Waals surface area contributed by atoms with Crippen molar-refractivity contribution in [2.24, 2.45) is 11.7 Å². The van der Waals surface area contributed by atoms with E-state index in [-0.39, 0.29) is 36.8 Å². The molecular weight excluding hydrogens is 335 g/mol. The van der Waals surface area contributed by atoms with E-state index in [1.54, 1.807) is 0 Å². The molecule has 3 atom stereocenters. The molecule has 0 aromatic carbocycles. The van der Waals surface area contributed by atoms with E-state index in [9.17, 15) is 4.79 Å². The summed E-state index contributed by atoms with van der Waals surface area (Å²) in [4.78, 5) is 19.1. The second-order valence-electron chi connectivity index (χ2n) is 6.45. The van der Waals surface area contributed by atoms with Gasteiger partial charge in [-0.15, -0.1) is 24.8 Å². The Balaban J connectivity index is 0.00000132. The molecule has 0 bridgehead atoms. The molecule has 1 aliphatic heterocycles. The Morgan fingerprint density at radius 1 is 1.35 bits per heavy atom. The number of aromatic nitrogens is 2. The van der Waals surface area contributed by atoms with Crippen molar-refractivity contribution in [1.29, 1.82) is 0 Å². The maximum atomic E-state index is 12.7. The van der Waals surface area contributed by atoms with E-state index in [4.69, 9.17) is 5.73 Å². The van der Waals surface area contributed by atoms with Crippen molar-refractivity contribution < 1.29 is 4.79 Å². The summed E-state index contributed by atoms with van der Waals surface area (Å²) in [5.74, 6) is 1.61. The highest BCUT2D eigenvalue weighted by Gasteiger charge is 2.33. The number of rotatable bonds is 3. The van der Waals surface area contributed by atoms with E-state index in [1.165, 1.54) is 0 Å². The van der Waals surface area contributed by atoms with Gasteiger partial charge in [0, 0.05) is 43.9 Å². The van der Waals surface area contributed by atoms with E-state index in [0.717, 1.165) is 57.4 Å². The number of piperidine rings is 1. The number of nitrogens with two attached hydrogens (primary N) is 1. The topological polar surface area (TPSA) is 64.2 Å². The maximum Gasteiger partial charge on any atom is 0.225 e. The van der Waals surface area contributed by atoms with Crippen LogP contribution in [-0.2, 0) is 11.2 Å². The van der Waals surface area contributed by atoms with Gasteiger partial charge >= 0.3 is 0 Å². The number of hydrogen-bond donors (Lipinski definition) is 1. The fourth-order valence-corrected chi connectivity index (χ4v) is 3.83. The maximum absolute atomic E-state index is 12.7. The minimum absolute atomic E-state index is 0. The van der Waals surface area contributed by atoms with Crippen molar-refractivity contribution in [3.63, 3.8) is 0 Å². The van der Waals surface area contributed by atoms with Crippen molar-refractivity contribution in [2.75, 3.05) is 13.1 Å². The van der Waals surface area contributed by atoms with Gasteiger partial charge in [-0.05, 0) is 32.1 Å². The second kappa shape index (κ2) is 8.90. The van der Waals surface area contributed by atoms with Crippen LogP contribution in [0.5, 0.6) is 0 Å². The number of halogens is 2. The molecule has 1 aromatic rings. The monoisotopic (exact) mass is 362 g/mol. The van der Waals surface area contributed by atoms with Crippen molar-refractivity contribution in [1.82, 2.24) is 14.5 Å². The highest BCUT2D eigenvalue weighted by Crippen LogP contribution is 2.29. The van der Waals surface area contributed by atoms with Gasteiger partial charge in [-0.1, -0.05) is 6.92 Å². The van der Waals surface area contributed by atoms with E-state index in [2.05, 4.69) is 27.6 Å². The van der Waals surface area contributed by atoms with Gasteiger partial charge < -0.3 is 15.2 Å². The van der Waals surface area contributed by atoms with Gasteiger partial charge in [0.2, 0.25) is 5.91 Å². The number of amides is 1. The molecule has 7 heteroatoms. The Bertz CT molecular complexity index is 508. The molecule has 2 N–H and O–H groups in total. The van der Waals surface area contributed by atoms with Crippen LogP contribution in [0.4, 0.5) is 0 Å². The lowest BCUT2D eigenvalue weighted by Crippen LogP contribution is -2.43. The van der Waals surface area contributed by atoms with E-state index >= 15 is 0 Å². The number of hydrogen-bond acceptors (Lipinski definition) is 3. The summed E-state index contributed by atoms with van der Waals surface area (Å²) in [5.41, 5.74) is 5.95. The van der Waals surface area contributed by atoms with Gasteiger partial charge in [0.15, 0.2) is 0 Å². The molecule has 1 saturated carbocycles. The first-order chi connectivity index (χ1) is 10.2. The van der Waals surface area contributed by atoms with Crippen molar-refractivity contribution in [3.8, 4) is 0 Å². The summed E-state index contributed by atoms with van der Waals surface area (Å²) in [6.07, 6.45) is 9.91. The molecule has 5 nitrogen and oxygen atoms in total. The summed E-state index contributed by atoms with van der Waals surface area (Å²) in [6.45, 7) is 3.86. The molecule has 0 radical (unpaired) electrons. The first-order valence-electron chi connectivity index (χ1n) is 8.25. The average Bonchev–Trinajstić information content (AvgIpc) is 3.15. The Kier molecular flexibility index (Phi) is 7.84. The SMILES string of the molecule is CCc1nccn1C1CCCN(C(=O)C2CCC(N)C2)C1.Cl.Cl. The fourth-order valence-electron chi connectivity index (χ4n) is 3.83. The third kappa shape index (κ3) is 4.40. The molecule has 2 aliphatic rings. The normalized spacial score (nSPS) is 27.2. The largest absolute Gasteiger partial charge is 0.340 e. The minimum atomic E-state index is 0. The predicted octanol–water partition coefficient (Wildman–Crippen LogP) is 2.58. The van der Waals surface area contributed by atoms with Crippen LogP contribution in [0, 0.1) is 5.92 Å². The predicted molar refractivity (Wildman–Crippen MR) is 96.3 cm³/mol. The summed E-state index contributed by atoms with van der Waals surface area (Å²) in [5, 5.41) is 0. The van der Waals surface area contributed by atoms with Gasteiger partial charge in [0.1, 0.15) is 5.82 Å². The Labute approximate surface area is 150 Å². The van der Waals surface area contributed by atoms with Crippen LogP contribution in [0.1, 0.15) is 50.9 Å². The Morgan fingerprint density at radius 2 is 2.13 bits per heavy atom. The molecule has 0 spiro atoms.